The number of ether oxygens (including phenoxy) is 1. The van der Waals surface area contributed by atoms with Crippen LogP contribution in [-0.2, 0) is 4.74 Å². The summed E-state index contributed by atoms with van der Waals surface area (Å²) in [5.74, 6) is 0. The van der Waals surface area contributed by atoms with E-state index in [2.05, 4.69) is 0 Å². The first-order valence-corrected chi connectivity index (χ1v) is 4.58. The fraction of sp³-hybridized carbons (Fsp3) is 0.700. The Balaban J connectivity index is 2.53. The van der Waals surface area contributed by atoms with Gasteiger partial charge in [-0.25, -0.2) is 4.79 Å². The predicted octanol–water partition coefficient (Wildman–Crippen LogP) is 2.53. The molecule has 0 N–H and O–H groups in total. The molecule has 0 bridgehead atoms. The van der Waals surface area contributed by atoms with Gasteiger partial charge in [0.25, 0.3) is 0 Å². The molecule has 74 valence electrons. The molecule has 1 rings (SSSR count). The first-order chi connectivity index (χ1) is 5.90. The van der Waals surface area contributed by atoms with Crippen molar-refractivity contribution >= 4 is 6.09 Å². The van der Waals surface area contributed by atoms with Crippen LogP contribution in [0.2, 0.25) is 0 Å². The molecule has 3 nitrogen and oxygen atoms in total. The second-order valence-electron chi connectivity index (χ2n) is 4.36. The molecule has 0 radical (unpaired) electrons. The predicted molar refractivity (Wildman–Crippen MR) is 51.3 cm³/mol. The van der Waals surface area contributed by atoms with Gasteiger partial charge >= 0.3 is 6.09 Å². The van der Waals surface area contributed by atoms with Crippen molar-refractivity contribution in [2.24, 2.45) is 0 Å². The highest BCUT2D eigenvalue weighted by Crippen LogP contribution is 2.17. The average molecular weight is 183 g/mol. The molecule has 0 fully saturated rings. The lowest BCUT2D eigenvalue weighted by Gasteiger charge is -2.26. The summed E-state index contributed by atoms with van der Waals surface area (Å²) in [7, 11) is 0. The monoisotopic (exact) mass is 183 g/mol. The molecule has 1 aliphatic rings. The standard InChI is InChI=1S/C10H17NO2/c1-8-6-5-7-11(8)9(12)13-10(2,3)4/h5,7-8H,6H2,1-4H3. The molecule has 0 aliphatic carbocycles. The zero-order valence-electron chi connectivity index (χ0n) is 8.70. The molecule has 0 saturated carbocycles. The maximum atomic E-state index is 11.5. The van der Waals surface area contributed by atoms with Gasteiger partial charge in [-0.05, 0) is 34.1 Å². The van der Waals surface area contributed by atoms with Crippen molar-refractivity contribution in [3.05, 3.63) is 12.3 Å². The Kier molecular flexibility index (Phi) is 2.64. The van der Waals surface area contributed by atoms with Crippen LogP contribution in [0, 0.1) is 0 Å². The minimum absolute atomic E-state index is 0.231. The first-order valence-electron chi connectivity index (χ1n) is 4.58. The van der Waals surface area contributed by atoms with E-state index < -0.39 is 5.60 Å². The van der Waals surface area contributed by atoms with Crippen molar-refractivity contribution in [3.8, 4) is 0 Å². The highest BCUT2D eigenvalue weighted by Gasteiger charge is 2.26. The van der Waals surface area contributed by atoms with Crippen molar-refractivity contribution in [2.75, 3.05) is 0 Å². The van der Waals surface area contributed by atoms with E-state index in [1.165, 1.54) is 0 Å². The molecule has 0 spiro atoms. The van der Waals surface area contributed by atoms with Crippen LogP contribution in [0.4, 0.5) is 4.79 Å². The Labute approximate surface area is 79.4 Å². The molecule has 0 aromatic rings. The van der Waals surface area contributed by atoms with Crippen molar-refractivity contribution in [3.63, 3.8) is 0 Å². The number of hydrogen-bond donors (Lipinski definition) is 0. The molecule has 1 heterocycles. The van der Waals surface area contributed by atoms with Crippen LogP contribution in [0.1, 0.15) is 34.1 Å². The van der Waals surface area contributed by atoms with Crippen LogP contribution in [0.5, 0.6) is 0 Å². The SMILES string of the molecule is CC1CC=CN1C(=O)OC(C)(C)C. The van der Waals surface area contributed by atoms with Crippen LogP contribution in [-0.4, -0.2) is 22.6 Å². The number of amides is 1. The van der Waals surface area contributed by atoms with Gasteiger partial charge < -0.3 is 4.74 Å². The quantitative estimate of drug-likeness (QED) is 0.577. The van der Waals surface area contributed by atoms with Gasteiger partial charge in [0, 0.05) is 12.2 Å². The smallest absolute Gasteiger partial charge is 0.414 e. The van der Waals surface area contributed by atoms with Crippen molar-refractivity contribution in [2.45, 2.75) is 45.8 Å². The summed E-state index contributed by atoms with van der Waals surface area (Å²) in [6, 6.07) is 0.231. The maximum Gasteiger partial charge on any atom is 0.414 e. The lowest BCUT2D eigenvalue weighted by atomic mass is 10.2. The van der Waals surface area contributed by atoms with E-state index in [0.29, 0.717) is 0 Å². The third kappa shape index (κ3) is 2.76. The van der Waals surface area contributed by atoms with Crippen molar-refractivity contribution < 1.29 is 9.53 Å². The van der Waals surface area contributed by atoms with Crippen LogP contribution < -0.4 is 0 Å². The summed E-state index contributed by atoms with van der Waals surface area (Å²) in [5.41, 5.74) is -0.409. The molecule has 1 amide bonds. The molecule has 0 aromatic carbocycles. The van der Waals surface area contributed by atoms with E-state index in [1.807, 2.05) is 33.8 Å². The number of carbonyl (C=O) groups is 1. The van der Waals surface area contributed by atoms with Crippen molar-refractivity contribution in [1.82, 2.24) is 4.90 Å². The van der Waals surface area contributed by atoms with E-state index in [1.54, 1.807) is 11.1 Å². The molecular formula is C10H17NO2. The third-order valence-corrected chi connectivity index (χ3v) is 1.82. The highest BCUT2D eigenvalue weighted by molar-refractivity contribution is 5.70. The second kappa shape index (κ2) is 3.40. The minimum atomic E-state index is -0.409. The van der Waals surface area contributed by atoms with Crippen molar-refractivity contribution in [1.29, 1.82) is 0 Å². The Morgan fingerprint density at radius 2 is 2.15 bits per heavy atom. The number of hydrogen-bond acceptors (Lipinski definition) is 2. The normalized spacial score (nSPS) is 22.2. The van der Waals surface area contributed by atoms with Crippen LogP contribution in [0.3, 0.4) is 0 Å². The molecule has 13 heavy (non-hydrogen) atoms. The summed E-state index contributed by atoms with van der Waals surface area (Å²) >= 11 is 0. The van der Waals surface area contributed by atoms with E-state index >= 15 is 0 Å². The zero-order valence-corrected chi connectivity index (χ0v) is 8.70. The lowest BCUT2D eigenvalue weighted by Crippen LogP contribution is -2.36. The van der Waals surface area contributed by atoms with E-state index in [0.717, 1.165) is 6.42 Å². The summed E-state index contributed by atoms with van der Waals surface area (Å²) in [4.78, 5) is 13.2. The van der Waals surface area contributed by atoms with Gasteiger partial charge in [0.15, 0.2) is 0 Å². The summed E-state index contributed by atoms with van der Waals surface area (Å²) < 4.78 is 5.23. The largest absolute Gasteiger partial charge is 0.443 e. The molecule has 3 heteroatoms. The maximum absolute atomic E-state index is 11.5. The number of nitrogens with zero attached hydrogens (tertiary/aromatic N) is 1. The fourth-order valence-electron chi connectivity index (χ4n) is 1.19. The lowest BCUT2D eigenvalue weighted by molar-refractivity contribution is 0.0299. The van der Waals surface area contributed by atoms with Gasteiger partial charge in [0.2, 0.25) is 0 Å². The van der Waals surface area contributed by atoms with Gasteiger partial charge in [0.1, 0.15) is 5.60 Å². The number of carbonyl (C=O) groups excluding carboxylic acids is 1. The third-order valence-electron chi connectivity index (χ3n) is 1.82. The van der Waals surface area contributed by atoms with Gasteiger partial charge in [0.05, 0.1) is 0 Å². The van der Waals surface area contributed by atoms with E-state index in [9.17, 15) is 4.79 Å². The topological polar surface area (TPSA) is 29.5 Å². The van der Waals surface area contributed by atoms with Gasteiger partial charge in [-0.1, -0.05) is 6.08 Å². The fourth-order valence-corrected chi connectivity index (χ4v) is 1.19. The highest BCUT2D eigenvalue weighted by atomic mass is 16.6. The minimum Gasteiger partial charge on any atom is -0.443 e. The Hall–Kier alpha value is -0.990. The van der Waals surface area contributed by atoms with Crippen LogP contribution >= 0.6 is 0 Å². The molecule has 1 aliphatic heterocycles. The van der Waals surface area contributed by atoms with E-state index in [4.69, 9.17) is 4.74 Å². The molecule has 0 aromatic heterocycles. The van der Waals surface area contributed by atoms with Gasteiger partial charge in [-0.15, -0.1) is 0 Å². The average Bonchev–Trinajstić information content (AvgIpc) is 2.30. The molecule has 0 saturated heterocycles. The Bertz CT molecular complexity index is 228. The van der Waals surface area contributed by atoms with Gasteiger partial charge in [-0.3, -0.25) is 4.90 Å². The molecular weight excluding hydrogens is 166 g/mol. The molecule has 1 unspecified atom stereocenters. The summed E-state index contributed by atoms with van der Waals surface area (Å²) in [6.45, 7) is 7.62. The Morgan fingerprint density at radius 1 is 1.54 bits per heavy atom. The van der Waals surface area contributed by atoms with Crippen LogP contribution in [0.25, 0.3) is 0 Å². The van der Waals surface area contributed by atoms with E-state index in [-0.39, 0.29) is 12.1 Å². The second-order valence-corrected chi connectivity index (χ2v) is 4.36. The van der Waals surface area contributed by atoms with Gasteiger partial charge in [-0.2, -0.15) is 0 Å². The number of rotatable bonds is 0. The first kappa shape index (κ1) is 10.1. The summed E-state index contributed by atoms with van der Waals surface area (Å²) in [5, 5.41) is 0. The Morgan fingerprint density at radius 3 is 2.54 bits per heavy atom. The van der Waals surface area contributed by atoms with Crippen LogP contribution in [0.15, 0.2) is 12.3 Å². The zero-order chi connectivity index (χ0) is 10.1. The summed E-state index contributed by atoms with van der Waals surface area (Å²) in [6.07, 6.45) is 4.43. The molecule has 1 atom stereocenters.